The summed E-state index contributed by atoms with van der Waals surface area (Å²) < 4.78 is 20.4. The van der Waals surface area contributed by atoms with Crippen molar-refractivity contribution < 1.29 is 38.1 Å². The Kier molecular flexibility index (Phi) is 18.7. The summed E-state index contributed by atoms with van der Waals surface area (Å²) in [7, 11) is 5.12. The maximum atomic E-state index is 11.4. The second kappa shape index (κ2) is 21.8. The molecule has 0 fully saturated rings. The normalized spacial score (nSPS) is 11.2. The molecule has 1 aliphatic carbocycles. The lowest BCUT2D eigenvalue weighted by Crippen LogP contribution is -2.15. The molecule has 8 heteroatoms. The highest BCUT2D eigenvalue weighted by atomic mass is 16.5. The number of ether oxygens (including phenoxy) is 4. The lowest BCUT2D eigenvalue weighted by atomic mass is 9.82. The van der Waals surface area contributed by atoms with Crippen LogP contribution in [0.15, 0.2) is 84.9 Å². The largest absolute Gasteiger partial charge is 0.497 e. The van der Waals surface area contributed by atoms with Crippen LogP contribution in [0, 0.1) is 0 Å². The predicted octanol–water partition coefficient (Wildman–Crippen LogP) is 9.45. The third-order valence-corrected chi connectivity index (χ3v) is 7.35. The molecule has 268 valence electrons. The molecule has 8 nitrogen and oxygen atoms in total. The van der Waals surface area contributed by atoms with E-state index in [1.165, 1.54) is 28.3 Å². The van der Waals surface area contributed by atoms with E-state index in [0.29, 0.717) is 47.2 Å². The summed E-state index contributed by atoms with van der Waals surface area (Å²) in [4.78, 5) is 42.2. The Hall–Kier alpha value is -5.08. The molecule has 0 saturated carbocycles. The van der Waals surface area contributed by atoms with Crippen molar-refractivity contribution in [1.82, 2.24) is 0 Å². The van der Waals surface area contributed by atoms with E-state index < -0.39 is 5.97 Å². The van der Waals surface area contributed by atoms with Crippen LogP contribution >= 0.6 is 0 Å². The van der Waals surface area contributed by atoms with Gasteiger partial charge in [-0.3, -0.25) is 14.4 Å². The van der Waals surface area contributed by atoms with Gasteiger partial charge in [0.1, 0.15) is 30.4 Å². The molecule has 1 aliphatic rings. The van der Waals surface area contributed by atoms with E-state index in [4.69, 9.17) is 18.9 Å². The minimum atomic E-state index is -0.399. The molecule has 0 unspecified atom stereocenters. The monoisotopic (exact) mass is 684 g/mol. The zero-order chi connectivity index (χ0) is 37.9. The van der Waals surface area contributed by atoms with Gasteiger partial charge in [0.2, 0.25) is 0 Å². The smallest absolute Gasteiger partial charge is 0.338 e. The lowest BCUT2D eigenvalue weighted by molar-refractivity contribution is 0.0377. The van der Waals surface area contributed by atoms with Crippen LogP contribution in [0.4, 0.5) is 0 Å². The third-order valence-electron chi connectivity index (χ3n) is 7.35. The highest BCUT2D eigenvalue weighted by Gasteiger charge is 2.36. The number of hydrogen-bond donors (Lipinski definition) is 0. The first-order chi connectivity index (χ1) is 23.8. The topological polar surface area (TPSA) is 105 Å². The van der Waals surface area contributed by atoms with E-state index in [-0.39, 0.29) is 11.5 Å². The first-order valence-corrected chi connectivity index (χ1v) is 16.5. The minimum absolute atomic E-state index is 0.0201. The van der Waals surface area contributed by atoms with Crippen molar-refractivity contribution in [2.75, 3.05) is 21.3 Å². The Morgan fingerprint density at radius 3 is 1.36 bits per heavy atom. The Morgan fingerprint density at radius 2 is 1.00 bits per heavy atom. The van der Waals surface area contributed by atoms with E-state index in [9.17, 15) is 19.2 Å². The summed E-state index contributed by atoms with van der Waals surface area (Å²) in [5.74, 6) is 1.42. The van der Waals surface area contributed by atoms with Crippen molar-refractivity contribution >= 4 is 24.8 Å². The van der Waals surface area contributed by atoms with Crippen LogP contribution in [-0.4, -0.2) is 58.4 Å². The molecule has 5 rings (SSSR count). The molecule has 0 bridgehead atoms. The average molecular weight is 685 g/mol. The van der Waals surface area contributed by atoms with Gasteiger partial charge < -0.3 is 18.9 Å². The minimum Gasteiger partial charge on any atom is -0.497 e. The fourth-order valence-corrected chi connectivity index (χ4v) is 4.68. The quantitative estimate of drug-likeness (QED) is 0.134. The lowest BCUT2D eigenvalue weighted by Gasteiger charge is -2.22. The third kappa shape index (κ3) is 12.7. The predicted molar refractivity (Wildman–Crippen MR) is 200 cm³/mol. The zero-order valence-electron chi connectivity index (χ0n) is 31.2. The van der Waals surface area contributed by atoms with Gasteiger partial charge in [-0.1, -0.05) is 70.2 Å². The Morgan fingerprint density at radius 1 is 0.600 bits per heavy atom. The highest BCUT2D eigenvalue weighted by molar-refractivity contribution is 5.91. The maximum Gasteiger partial charge on any atom is 0.338 e. The molecular weight excluding hydrogens is 632 g/mol. The van der Waals surface area contributed by atoms with Gasteiger partial charge in [0.05, 0.1) is 32.0 Å². The van der Waals surface area contributed by atoms with E-state index in [1.807, 2.05) is 39.8 Å². The van der Waals surface area contributed by atoms with E-state index in [2.05, 4.69) is 38.1 Å². The van der Waals surface area contributed by atoms with Crippen LogP contribution in [-0.2, 0) is 14.9 Å². The maximum absolute atomic E-state index is 11.4. The van der Waals surface area contributed by atoms with Crippen LogP contribution < -0.4 is 9.47 Å². The van der Waals surface area contributed by atoms with Gasteiger partial charge in [0.25, 0.3) is 0 Å². The summed E-state index contributed by atoms with van der Waals surface area (Å²) in [6.07, 6.45) is 2.36. The van der Waals surface area contributed by atoms with Crippen molar-refractivity contribution in [2.45, 2.75) is 73.0 Å². The van der Waals surface area contributed by atoms with Crippen LogP contribution in [0.5, 0.6) is 11.5 Å². The molecule has 0 radical (unpaired) electrons. The number of fused-ring (bicyclic) bond motifs is 3. The fourth-order valence-electron chi connectivity index (χ4n) is 4.68. The number of benzene rings is 4. The zero-order valence-corrected chi connectivity index (χ0v) is 31.2. The Balaban J connectivity index is 0.000000357. The molecule has 0 N–H and O–H groups in total. The van der Waals surface area contributed by atoms with Crippen molar-refractivity contribution in [3.05, 3.63) is 118 Å². The number of methoxy groups -OCH3 is 3. The summed E-state index contributed by atoms with van der Waals surface area (Å²) in [5.41, 5.74) is 7.14. The van der Waals surface area contributed by atoms with Crippen LogP contribution in [0.3, 0.4) is 0 Å². The van der Waals surface area contributed by atoms with Gasteiger partial charge in [-0.05, 0) is 92.4 Å². The first-order valence-electron chi connectivity index (χ1n) is 16.5. The SMILES string of the molecule is CC.CC(C)OC(=O)c1cccc(C=O)c1.COC(C)C.COc1ccc2c(c1)C(C)(C)c1cc(OC)ccc1-2.O=Cc1cccc(C=O)c1. The van der Waals surface area contributed by atoms with Gasteiger partial charge in [0.15, 0.2) is 0 Å². The summed E-state index contributed by atoms with van der Waals surface area (Å²) in [6.45, 7) is 16.1. The number of rotatable bonds is 8. The number of carbonyl (C=O) groups is 4. The molecule has 0 atom stereocenters. The molecule has 0 heterocycles. The van der Waals surface area contributed by atoms with Gasteiger partial charge >= 0.3 is 5.97 Å². The first kappa shape index (κ1) is 42.9. The van der Waals surface area contributed by atoms with Crippen molar-refractivity contribution in [2.24, 2.45) is 0 Å². The molecule has 0 saturated heterocycles. The van der Waals surface area contributed by atoms with E-state index in [1.54, 1.807) is 77.6 Å². The summed E-state index contributed by atoms with van der Waals surface area (Å²) in [5, 5.41) is 0. The van der Waals surface area contributed by atoms with Crippen LogP contribution in [0.1, 0.15) is 108 Å². The van der Waals surface area contributed by atoms with Gasteiger partial charge in [0, 0.05) is 29.2 Å². The second-order valence-corrected chi connectivity index (χ2v) is 11.8. The number of carbonyl (C=O) groups excluding carboxylic acids is 4. The number of esters is 1. The molecular formula is C42H52O8. The standard InChI is InChI=1S/C17H18O2.C11H12O3.C8H6O2.C4H10O.C2H6/c1-17(2)15-9-11(18-3)5-7-13(15)14-8-6-12(19-4)10-16(14)17;1-8(2)14-11(13)10-5-3-4-9(6-10)7-12;9-5-7-2-1-3-8(4-7)6-10;1-4(2)5-3;1-2/h5-10H,1-4H3;3-8H,1-2H3;1-6H;4H,1-3H3;1-2H3. The molecule has 4 aromatic carbocycles. The van der Waals surface area contributed by atoms with Crippen molar-refractivity contribution in [1.29, 1.82) is 0 Å². The summed E-state index contributed by atoms with van der Waals surface area (Å²) >= 11 is 0. The van der Waals surface area contributed by atoms with Crippen LogP contribution in [0.25, 0.3) is 11.1 Å². The molecule has 0 amide bonds. The average Bonchev–Trinajstić information content (AvgIpc) is 3.37. The Labute approximate surface area is 297 Å². The number of hydrogen-bond acceptors (Lipinski definition) is 8. The molecule has 0 aromatic heterocycles. The fraction of sp³-hybridized carbons (Fsp3) is 0.333. The van der Waals surface area contributed by atoms with Crippen molar-refractivity contribution in [3.8, 4) is 22.6 Å². The van der Waals surface area contributed by atoms with Gasteiger partial charge in [-0.15, -0.1) is 0 Å². The highest BCUT2D eigenvalue weighted by Crippen LogP contribution is 2.50. The van der Waals surface area contributed by atoms with E-state index in [0.717, 1.165) is 11.5 Å². The molecule has 50 heavy (non-hydrogen) atoms. The van der Waals surface area contributed by atoms with Crippen LogP contribution in [0.2, 0.25) is 0 Å². The number of aldehydes is 3. The van der Waals surface area contributed by atoms with Gasteiger partial charge in [-0.25, -0.2) is 4.79 Å². The molecule has 0 aliphatic heterocycles. The molecule has 4 aromatic rings. The Bertz CT molecular complexity index is 1590. The second-order valence-electron chi connectivity index (χ2n) is 11.8. The summed E-state index contributed by atoms with van der Waals surface area (Å²) in [6, 6.07) is 25.6. The van der Waals surface area contributed by atoms with E-state index >= 15 is 0 Å². The van der Waals surface area contributed by atoms with Gasteiger partial charge in [-0.2, -0.15) is 0 Å². The van der Waals surface area contributed by atoms with Crippen molar-refractivity contribution in [3.63, 3.8) is 0 Å². The molecule has 0 spiro atoms.